The van der Waals surface area contributed by atoms with Crippen molar-refractivity contribution in [2.45, 2.75) is 20.4 Å². The van der Waals surface area contributed by atoms with Crippen molar-refractivity contribution < 1.29 is 14.4 Å². The first kappa shape index (κ1) is 14.2. The van der Waals surface area contributed by atoms with E-state index in [0.29, 0.717) is 11.1 Å². The van der Waals surface area contributed by atoms with Crippen LogP contribution >= 0.6 is 0 Å². The van der Waals surface area contributed by atoms with Gasteiger partial charge in [-0.1, -0.05) is 32.0 Å². The molecule has 3 N–H and O–H groups in total. The number of benzene rings is 1. The van der Waals surface area contributed by atoms with Gasteiger partial charge in [-0.2, -0.15) is 0 Å². The highest BCUT2D eigenvalue weighted by Gasteiger charge is 2.42. The van der Waals surface area contributed by atoms with Crippen molar-refractivity contribution in [2.24, 2.45) is 17.7 Å². The maximum Gasteiger partial charge on any atom is 0.265 e. The van der Waals surface area contributed by atoms with Crippen LogP contribution in [-0.2, 0) is 16.1 Å². The van der Waals surface area contributed by atoms with Crippen LogP contribution in [0.5, 0.6) is 0 Å². The van der Waals surface area contributed by atoms with Crippen LogP contribution in [-0.4, -0.2) is 22.6 Å². The highest BCUT2D eigenvalue weighted by Crippen LogP contribution is 2.27. The number of nitrogen functional groups attached to an aromatic ring is 1. The van der Waals surface area contributed by atoms with Crippen molar-refractivity contribution in [3.63, 3.8) is 0 Å². The highest BCUT2D eigenvalue weighted by atomic mass is 16.2. The van der Waals surface area contributed by atoms with Crippen molar-refractivity contribution in [3.8, 4) is 0 Å². The Morgan fingerprint density at radius 2 is 1.75 bits per heavy atom. The molecule has 2 rings (SSSR count). The average molecular weight is 275 g/mol. The maximum atomic E-state index is 12.1. The fraction of sp³-hybridized carbons (Fsp3) is 0.357. The number of amides is 3. The molecule has 0 aliphatic carbocycles. The lowest BCUT2D eigenvalue weighted by molar-refractivity contribution is -0.140. The molecule has 0 radical (unpaired) electrons. The minimum atomic E-state index is -0.444. The van der Waals surface area contributed by atoms with E-state index in [1.807, 2.05) is 0 Å². The van der Waals surface area contributed by atoms with Crippen LogP contribution in [0.15, 0.2) is 24.3 Å². The predicted octanol–water partition coefficient (Wildman–Crippen LogP) is 0.431. The molecule has 2 atom stereocenters. The van der Waals surface area contributed by atoms with E-state index in [1.165, 1.54) is 4.90 Å². The summed E-state index contributed by atoms with van der Waals surface area (Å²) in [6.45, 7) is 3.57. The number of carbonyl (C=O) groups excluding carboxylic acids is 3. The van der Waals surface area contributed by atoms with Crippen molar-refractivity contribution >= 4 is 17.7 Å². The zero-order valence-corrected chi connectivity index (χ0v) is 11.4. The van der Waals surface area contributed by atoms with Gasteiger partial charge in [0.2, 0.25) is 11.8 Å². The normalized spacial score (nSPS) is 22.2. The first-order valence-corrected chi connectivity index (χ1v) is 6.41. The van der Waals surface area contributed by atoms with Gasteiger partial charge in [0.25, 0.3) is 5.91 Å². The molecule has 0 spiro atoms. The number of nitrogens with zero attached hydrogens (tertiary/aromatic N) is 1. The second kappa shape index (κ2) is 5.42. The fourth-order valence-corrected chi connectivity index (χ4v) is 2.31. The first-order chi connectivity index (χ1) is 9.47. The standard InChI is InChI=1S/C14H17N3O3/c1-8-9(2)14(20)17(13(8)19)7-10-5-3-4-6-11(10)12(18)16-15/h3-6,8-9H,7,15H2,1-2H3,(H,16,18). The molecule has 1 aromatic carbocycles. The molecule has 1 aromatic rings. The van der Waals surface area contributed by atoms with Crippen LogP contribution < -0.4 is 11.3 Å². The highest BCUT2D eigenvalue weighted by molar-refractivity contribution is 6.05. The molecule has 6 heteroatoms. The Morgan fingerprint density at radius 3 is 2.30 bits per heavy atom. The maximum absolute atomic E-state index is 12.1. The Hall–Kier alpha value is -2.21. The monoisotopic (exact) mass is 275 g/mol. The lowest BCUT2D eigenvalue weighted by atomic mass is 10.00. The van der Waals surface area contributed by atoms with Gasteiger partial charge in [0.05, 0.1) is 6.54 Å². The van der Waals surface area contributed by atoms with Gasteiger partial charge in [0, 0.05) is 17.4 Å². The van der Waals surface area contributed by atoms with Gasteiger partial charge >= 0.3 is 0 Å². The lowest BCUT2D eigenvalue weighted by Crippen LogP contribution is -2.34. The number of hydrogen-bond donors (Lipinski definition) is 2. The summed E-state index contributed by atoms with van der Waals surface area (Å²) >= 11 is 0. The SMILES string of the molecule is CC1C(=O)N(Cc2ccccc2C(=O)NN)C(=O)C1C. The minimum Gasteiger partial charge on any atom is -0.290 e. The fourth-order valence-electron chi connectivity index (χ4n) is 2.31. The topological polar surface area (TPSA) is 92.5 Å². The summed E-state index contributed by atoms with van der Waals surface area (Å²) in [4.78, 5) is 37.0. The lowest BCUT2D eigenvalue weighted by Gasteiger charge is -2.16. The van der Waals surface area contributed by atoms with Gasteiger partial charge in [-0.3, -0.25) is 24.7 Å². The van der Waals surface area contributed by atoms with Crippen LogP contribution in [0.25, 0.3) is 0 Å². The van der Waals surface area contributed by atoms with Crippen molar-refractivity contribution in [1.82, 2.24) is 10.3 Å². The van der Waals surface area contributed by atoms with Crippen LogP contribution in [0.4, 0.5) is 0 Å². The molecular formula is C14H17N3O3. The molecule has 1 fully saturated rings. The molecule has 6 nitrogen and oxygen atoms in total. The van der Waals surface area contributed by atoms with E-state index >= 15 is 0 Å². The number of carbonyl (C=O) groups is 3. The van der Waals surface area contributed by atoms with Gasteiger partial charge in [-0.05, 0) is 11.6 Å². The van der Waals surface area contributed by atoms with E-state index in [4.69, 9.17) is 5.84 Å². The van der Waals surface area contributed by atoms with Gasteiger partial charge in [-0.25, -0.2) is 5.84 Å². The second-order valence-electron chi connectivity index (χ2n) is 4.97. The van der Waals surface area contributed by atoms with E-state index < -0.39 is 5.91 Å². The van der Waals surface area contributed by atoms with E-state index in [2.05, 4.69) is 5.43 Å². The third-order valence-electron chi connectivity index (χ3n) is 3.78. The summed E-state index contributed by atoms with van der Waals surface area (Å²) in [6, 6.07) is 6.77. The number of nitrogens with two attached hydrogens (primary N) is 1. The van der Waals surface area contributed by atoms with Gasteiger partial charge < -0.3 is 0 Å². The molecule has 1 aliphatic rings. The molecule has 3 amide bonds. The zero-order chi connectivity index (χ0) is 14.9. The summed E-state index contributed by atoms with van der Waals surface area (Å²) in [7, 11) is 0. The van der Waals surface area contributed by atoms with E-state index in [-0.39, 0.29) is 30.2 Å². The van der Waals surface area contributed by atoms with Gasteiger partial charge in [0.1, 0.15) is 0 Å². The van der Waals surface area contributed by atoms with Crippen LogP contribution in [0, 0.1) is 11.8 Å². The third-order valence-corrected chi connectivity index (χ3v) is 3.78. The quantitative estimate of drug-likeness (QED) is 0.362. The Morgan fingerprint density at radius 1 is 1.20 bits per heavy atom. The number of rotatable bonds is 3. The summed E-state index contributed by atoms with van der Waals surface area (Å²) < 4.78 is 0. The van der Waals surface area contributed by atoms with Gasteiger partial charge in [0.15, 0.2) is 0 Å². The first-order valence-electron chi connectivity index (χ1n) is 6.41. The molecule has 0 aromatic heterocycles. The molecule has 0 saturated carbocycles. The number of nitrogens with one attached hydrogen (secondary N) is 1. The minimum absolute atomic E-state index is 0.0932. The van der Waals surface area contributed by atoms with E-state index in [9.17, 15) is 14.4 Å². The van der Waals surface area contributed by atoms with Crippen molar-refractivity contribution in [2.75, 3.05) is 0 Å². The number of hydrogen-bond acceptors (Lipinski definition) is 4. The smallest absolute Gasteiger partial charge is 0.265 e. The number of hydrazine groups is 1. The van der Waals surface area contributed by atoms with Crippen molar-refractivity contribution in [3.05, 3.63) is 35.4 Å². The van der Waals surface area contributed by atoms with E-state index in [0.717, 1.165) is 0 Å². The Balaban J connectivity index is 2.29. The Bertz CT molecular complexity index is 551. The molecule has 1 saturated heterocycles. The molecule has 106 valence electrons. The summed E-state index contributed by atoms with van der Waals surface area (Å²) in [5.74, 6) is 3.64. The Kier molecular flexibility index (Phi) is 3.85. The third kappa shape index (κ3) is 2.30. The molecular weight excluding hydrogens is 258 g/mol. The molecule has 1 aliphatic heterocycles. The molecule has 1 heterocycles. The number of imide groups is 1. The molecule has 2 unspecified atom stereocenters. The molecule has 0 bridgehead atoms. The van der Waals surface area contributed by atoms with E-state index in [1.54, 1.807) is 38.1 Å². The van der Waals surface area contributed by atoms with Gasteiger partial charge in [-0.15, -0.1) is 0 Å². The predicted molar refractivity (Wildman–Crippen MR) is 72.0 cm³/mol. The largest absolute Gasteiger partial charge is 0.290 e. The summed E-state index contributed by atoms with van der Waals surface area (Å²) in [5.41, 5.74) is 3.02. The summed E-state index contributed by atoms with van der Waals surface area (Å²) in [5, 5.41) is 0. The second-order valence-corrected chi connectivity index (χ2v) is 4.97. The van der Waals surface area contributed by atoms with Crippen LogP contribution in [0.2, 0.25) is 0 Å². The van der Waals surface area contributed by atoms with Crippen molar-refractivity contribution in [1.29, 1.82) is 0 Å². The number of likely N-dealkylation sites (tertiary alicyclic amines) is 1. The average Bonchev–Trinajstić information content (AvgIpc) is 2.65. The zero-order valence-electron chi connectivity index (χ0n) is 11.4. The summed E-state index contributed by atoms with van der Waals surface area (Å²) in [6.07, 6.45) is 0. The van der Waals surface area contributed by atoms with Crippen LogP contribution in [0.3, 0.4) is 0 Å². The molecule has 20 heavy (non-hydrogen) atoms. The van der Waals surface area contributed by atoms with Crippen LogP contribution in [0.1, 0.15) is 29.8 Å². The Labute approximate surface area is 116 Å².